The van der Waals surface area contributed by atoms with Crippen LogP contribution in [0.25, 0.3) is 11.3 Å². The van der Waals surface area contributed by atoms with Gasteiger partial charge >= 0.3 is 0 Å². The van der Waals surface area contributed by atoms with Gasteiger partial charge in [-0.1, -0.05) is 61.5 Å². The van der Waals surface area contributed by atoms with Crippen LogP contribution in [0, 0.1) is 0 Å². The molecule has 29 heavy (non-hydrogen) atoms. The fraction of sp³-hybridized carbons (Fsp3) is 0.250. The summed E-state index contributed by atoms with van der Waals surface area (Å²) in [6.45, 7) is 3.07. The lowest BCUT2D eigenvalue weighted by Crippen LogP contribution is -2.41. The molecule has 0 saturated carbocycles. The van der Waals surface area contributed by atoms with Crippen LogP contribution in [0.5, 0.6) is 0 Å². The van der Waals surface area contributed by atoms with E-state index in [1.54, 1.807) is 0 Å². The van der Waals surface area contributed by atoms with E-state index in [4.69, 9.17) is 0 Å². The molecule has 5 heteroatoms. The minimum atomic E-state index is -0.115. The summed E-state index contributed by atoms with van der Waals surface area (Å²) in [6.07, 6.45) is 1.32. The van der Waals surface area contributed by atoms with Gasteiger partial charge in [-0.05, 0) is 35.2 Å². The number of benzene rings is 2. The zero-order valence-electron chi connectivity index (χ0n) is 16.5. The van der Waals surface area contributed by atoms with Crippen LogP contribution in [-0.2, 0) is 17.8 Å². The molecule has 0 radical (unpaired) electrons. The molecular formula is C24H25N3O2. The predicted molar refractivity (Wildman–Crippen MR) is 114 cm³/mol. The summed E-state index contributed by atoms with van der Waals surface area (Å²) in [6, 6.07) is 21.9. The van der Waals surface area contributed by atoms with Crippen LogP contribution >= 0.6 is 0 Å². The molecule has 0 bridgehead atoms. The number of nitrogens with one attached hydrogen (secondary N) is 2. The van der Waals surface area contributed by atoms with E-state index in [2.05, 4.69) is 41.8 Å². The Morgan fingerprint density at radius 2 is 1.69 bits per heavy atom. The largest absolute Gasteiger partial charge is 0.352 e. The van der Waals surface area contributed by atoms with E-state index < -0.39 is 0 Å². The molecule has 2 aromatic carbocycles. The molecular weight excluding hydrogens is 362 g/mol. The molecule has 1 aromatic heterocycles. The van der Waals surface area contributed by atoms with Crippen LogP contribution in [0.15, 0.2) is 66.7 Å². The summed E-state index contributed by atoms with van der Waals surface area (Å²) in [5.74, 6) is -0.121. The molecule has 2 N–H and O–H groups in total. The Kier molecular flexibility index (Phi) is 5.47. The zero-order chi connectivity index (χ0) is 20.2. The summed E-state index contributed by atoms with van der Waals surface area (Å²) in [5, 5.41) is 5.92. The molecule has 0 aliphatic carbocycles. The summed E-state index contributed by atoms with van der Waals surface area (Å²) in [7, 11) is 0. The second kappa shape index (κ2) is 8.35. The van der Waals surface area contributed by atoms with Gasteiger partial charge in [0.1, 0.15) is 5.69 Å². The fourth-order valence-electron chi connectivity index (χ4n) is 3.81. The number of rotatable bonds is 6. The molecule has 1 unspecified atom stereocenters. The first kappa shape index (κ1) is 19.0. The Hall–Kier alpha value is -3.34. The highest BCUT2D eigenvalue weighted by atomic mass is 16.2. The molecule has 2 heterocycles. The summed E-state index contributed by atoms with van der Waals surface area (Å²) in [5.41, 5.74) is 4.96. The smallest absolute Gasteiger partial charge is 0.268 e. The first-order valence-electron chi connectivity index (χ1n) is 10.0. The van der Waals surface area contributed by atoms with Crippen molar-refractivity contribution in [1.82, 2.24) is 15.2 Å². The molecule has 1 aliphatic rings. The van der Waals surface area contributed by atoms with Gasteiger partial charge in [-0.15, -0.1) is 0 Å². The van der Waals surface area contributed by atoms with Gasteiger partial charge in [0.15, 0.2) is 0 Å². The molecule has 2 amide bonds. The quantitative estimate of drug-likeness (QED) is 0.677. The number of amides is 2. The Morgan fingerprint density at radius 3 is 2.41 bits per heavy atom. The number of carbonyl (C=O) groups excluding carboxylic acids is 2. The van der Waals surface area contributed by atoms with Crippen molar-refractivity contribution < 1.29 is 9.59 Å². The van der Waals surface area contributed by atoms with Crippen LogP contribution in [0.2, 0.25) is 0 Å². The number of hydrogen-bond donors (Lipinski definition) is 2. The average molecular weight is 387 g/mol. The molecule has 3 aromatic rings. The number of aryl methyl sites for hydroxylation is 1. The lowest BCUT2D eigenvalue weighted by molar-refractivity contribution is -0.122. The first-order valence-corrected chi connectivity index (χ1v) is 10.0. The Bertz CT molecular complexity index is 1010. The van der Waals surface area contributed by atoms with E-state index >= 15 is 0 Å². The maximum absolute atomic E-state index is 12.6. The lowest BCUT2D eigenvalue weighted by Gasteiger charge is -2.28. The van der Waals surface area contributed by atoms with E-state index in [-0.39, 0.29) is 17.9 Å². The fourth-order valence-corrected chi connectivity index (χ4v) is 3.81. The highest BCUT2D eigenvalue weighted by molar-refractivity contribution is 5.95. The molecule has 148 valence electrons. The van der Waals surface area contributed by atoms with Crippen molar-refractivity contribution in [2.45, 2.75) is 32.4 Å². The minimum absolute atomic E-state index is 0.0237. The molecule has 4 rings (SSSR count). The number of carbonyl (C=O) groups is 2. The van der Waals surface area contributed by atoms with E-state index in [9.17, 15) is 9.59 Å². The van der Waals surface area contributed by atoms with E-state index in [1.165, 1.54) is 5.56 Å². The molecule has 0 saturated heterocycles. The monoisotopic (exact) mass is 387 g/mol. The maximum Gasteiger partial charge on any atom is 0.268 e. The minimum Gasteiger partial charge on any atom is -0.352 e. The van der Waals surface area contributed by atoms with Crippen molar-refractivity contribution >= 4 is 11.8 Å². The second-order valence-electron chi connectivity index (χ2n) is 7.35. The third-order valence-electron chi connectivity index (χ3n) is 5.43. The van der Waals surface area contributed by atoms with Gasteiger partial charge in [0.05, 0.1) is 6.04 Å². The van der Waals surface area contributed by atoms with Crippen LogP contribution < -0.4 is 10.6 Å². The van der Waals surface area contributed by atoms with Crippen LogP contribution in [0.1, 0.15) is 41.0 Å². The van der Waals surface area contributed by atoms with Gasteiger partial charge in [0, 0.05) is 25.2 Å². The SMILES string of the molecule is CCc1ccc(CNC(=O)CC2CNC(=O)c3ccc(-c4ccccc4)n32)cc1. The highest BCUT2D eigenvalue weighted by Crippen LogP contribution is 2.30. The third kappa shape index (κ3) is 4.09. The van der Waals surface area contributed by atoms with Crippen LogP contribution in [0.4, 0.5) is 0 Å². The van der Waals surface area contributed by atoms with E-state index in [1.807, 2.05) is 47.0 Å². The Balaban J connectivity index is 1.48. The van der Waals surface area contributed by atoms with Gasteiger partial charge < -0.3 is 15.2 Å². The van der Waals surface area contributed by atoms with Crippen molar-refractivity contribution in [3.8, 4) is 11.3 Å². The van der Waals surface area contributed by atoms with Crippen molar-refractivity contribution in [1.29, 1.82) is 0 Å². The topological polar surface area (TPSA) is 63.1 Å². The van der Waals surface area contributed by atoms with Crippen molar-refractivity contribution in [2.75, 3.05) is 6.54 Å². The molecule has 0 spiro atoms. The van der Waals surface area contributed by atoms with Crippen molar-refractivity contribution in [2.24, 2.45) is 0 Å². The molecule has 1 aliphatic heterocycles. The normalized spacial score (nSPS) is 15.5. The predicted octanol–water partition coefficient (Wildman–Crippen LogP) is 3.71. The van der Waals surface area contributed by atoms with Gasteiger partial charge in [0.25, 0.3) is 5.91 Å². The average Bonchev–Trinajstić information content (AvgIpc) is 3.22. The van der Waals surface area contributed by atoms with Gasteiger partial charge in [0.2, 0.25) is 5.91 Å². The van der Waals surface area contributed by atoms with Gasteiger partial charge in [-0.3, -0.25) is 9.59 Å². The maximum atomic E-state index is 12.6. The van der Waals surface area contributed by atoms with E-state index in [0.29, 0.717) is 25.2 Å². The highest BCUT2D eigenvalue weighted by Gasteiger charge is 2.28. The van der Waals surface area contributed by atoms with Crippen molar-refractivity contribution in [3.63, 3.8) is 0 Å². The Labute approximate surface area is 170 Å². The molecule has 0 fully saturated rings. The van der Waals surface area contributed by atoms with Crippen LogP contribution in [0.3, 0.4) is 0 Å². The summed E-state index contributed by atoms with van der Waals surface area (Å²) < 4.78 is 2.00. The van der Waals surface area contributed by atoms with Crippen molar-refractivity contribution in [3.05, 3.63) is 83.6 Å². The molecule has 1 atom stereocenters. The summed E-state index contributed by atoms with van der Waals surface area (Å²) >= 11 is 0. The lowest BCUT2D eigenvalue weighted by atomic mass is 10.1. The number of aromatic nitrogens is 1. The zero-order valence-corrected chi connectivity index (χ0v) is 16.5. The standard InChI is InChI=1S/C24H25N3O2/c1-2-17-8-10-18(11-9-17)15-25-23(28)14-20-16-26-24(29)22-13-12-21(27(20)22)19-6-4-3-5-7-19/h3-13,20H,2,14-16H2,1H3,(H,25,28)(H,26,29). The third-order valence-corrected chi connectivity index (χ3v) is 5.43. The van der Waals surface area contributed by atoms with Gasteiger partial charge in [-0.2, -0.15) is 0 Å². The van der Waals surface area contributed by atoms with Crippen LogP contribution in [-0.4, -0.2) is 22.9 Å². The second-order valence-corrected chi connectivity index (χ2v) is 7.35. The number of hydrogen-bond acceptors (Lipinski definition) is 2. The number of fused-ring (bicyclic) bond motifs is 1. The molecule has 5 nitrogen and oxygen atoms in total. The van der Waals surface area contributed by atoms with E-state index in [0.717, 1.165) is 23.2 Å². The summed E-state index contributed by atoms with van der Waals surface area (Å²) in [4.78, 5) is 24.9. The van der Waals surface area contributed by atoms with Gasteiger partial charge in [-0.25, -0.2) is 0 Å². The Morgan fingerprint density at radius 1 is 1.00 bits per heavy atom. The first-order chi connectivity index (χ1) is 14.2. The number of nitrogens with zero attached hydrogens (tertiary/aromatic N) is 1.